The molecule has 2 aliphatic heterocycles. The number of hydrogen-bond acceptors (Lipinski definition) is 3. The van der Waals surface area contributed by atoms with Crippen molar-refractivity contribution in [2.24, 2.45) is 11.7 Å². The van der Waals surface area contributed by atoms with Crippen LogP contribution in [-0.2, 0) is 9.59 Å². The largest absolute Gasteiger partial charge is 0.341 e. The van der Waals surface area contributed by atoms with Gasteiger partial charge in [0.1, 0.15) is 0 Å². The van der Waals surface area contributed by atoms with Gasteiger partial charge in [0.05, 0.1) is 6.04 Å². The minimum Gasteiger partial charge on any atom is -0.341 e. The highest BCUT2D eigenvalue weighted by Gasteiger charge is 2.33. The van der Waals surface area contributed by atoms with Gasteiger partial charge in [-0.25, -0.2) is 0 Å². The number of halogens is 1. The van der Waals surface area contributed by atoms with Crippen LogP contribution < -0.4 is 5.73 Å². The van der Waals surface area contributed by atoms with Gasteiger partial charge in [0.2, 0.25) is 11.8 Å². The molecule has 21 heavy (non-hydrogen) atoms. The Morgan fingerprint density at radius 2 is 1.95 bits per heavy atom. The van der Waals surface area contributed by atoms with Crippen LogP contribution in [0.15, 0.2) is 0 Å². The van der Waals surface area contributed by atoms with Gasteiger partial charge in [-0.3, -0.25) is 9.59 Å². The van der Waals surface area contributed by atoms with E-state index in [4.69, 9.17) is 5.73 Å². The lowest BCUT2D eigenvalue weighted by atomic mass is 9.97. The van der Waals surface area contributed by atoms with Crippen molar-refractivity contribution in [3.05, 3.63) is 0 Å². The second-order valence-corrected chi connectivity index (χ2v) is 6.16. The number of carbonyl (C=O) groups excluding carboxylic acids is 2. The third-order valence-electron chi connectivity index (χ3n) is 4.87. The fraction of sp³-hybridized carbons (Fsp3) is 0.867. The van der Waals surface area contributed by atoms with Gasteiger partial charge in [-0.2, -0.15) is 0 Å². The molecule has 2 unspecified atom stereocenters. The topological polar surface area (TPSA) is 66.6 Å². The maximum absolute atomic E-state index is 12.3. The van der Waals surface area contributed by atoms with Gasteiger partial charge < -0.3 is 15.5 Å². The van der Waals surface area contributed by atoms with Crippen molar-refractivity contribution in [1.82, 2.24) is 9.80 Å². The van der Waals surface area contributed by atoms with E-state index in [-0.39, 0.29) is 36.2 Å². The first-order valence-corrected chi connectivity index (χ1v) is 7.88. The molecule has 0 bridgehead atoms. The first-order chi connectivity index (χ1) is 9.54. The molecule has 122 valence electrons. The second kappa shape index (κ2) is 7.99. The van der Waals surface area contributed by atoms with Crippen LogP contribution in [0.4, 0.5) is 0 Å². The van der Waals surface area contributed by atoms with Crippen LogP contribution in [0.1, 0.15) is 46.0 Å². The third-order valence-corrected chi connectivity index (χ3v) is 4.87. The highest BCUT2D eigenvalue weighted by atomic mass is 35.5. The number of amides is 2. The first-order valence-electron chi connectivity index (χ1n) is 7.88. The van der Waals surface area contributed by atoms with Gasteiger partial charge in [0, 0.05) is 32.1 Å². The molecule has 2 heterocycles. The average molecular weight is 318 g/mol. The summed E-state index contributed by atoms with van der Waals surface area (Å²) < 4.78 is 0. The number of nitrogens with zero attached hydrogens (tertiary/aromatic N) is 2. The number of likely N-dealkylation sites (tertiary alicyclic amines) is 2. The van der Waals surface area contributed by atoms with Crippen LogP contribution in [0.3, 0.4) is 0 Å². The summed E-state index contributed by atoms with van der Waals surface area (Å²) in [5.74, 6) is 0.581. The Hall–Kier alpha value is -0.810. The number of rotatable bonds is 4. The SMILES string of the molecule is CCC(C)C(N)C(=O)N1CCC(N2CCCC2=O)CC1.Cl. The van der Waals surface area contributed by atoms with E-state index in [1.54, 1.807) is 0 Å². The summed E-state index contributed by atoms with van der Waals surface area (Å²) in [5.41, 5.74) is 6.03. The minimum atomic E-state index is -0.384. The lowest BCUT2D eigenvalue weighted by Gasteiger charge is -2.38. The van der Waals surface area contributed by atoms with Crippen LogP contribution in [0.25, 0.3) is 0 Å². The fourth-order valence-corrected chi connectivity index (χ4v) is 3.16. The van der Waals surface area contributed by atoms with E-state index in [2.05, 4.69) is 6.92 Å². The zero-order valence-corrected chi connectivity index (χ0v) is 13.9. The third kappa shape index (κ3) is 4.10. The predicted octanol–water partition coefficient (Wildman–Crippen LogP) is 1.39. The van der Waals surface area contributed by atoms with Crippen LogP contribution in [-0.4, -0.2) is 53.3 Å². The molecule has 2 amide bonds. The zero-order valence-electron chi connectivity index (χ0n) is 13.1. The van der Waals surface area contributed by atoms with Crippen LogP contribution in [0.5, 0.6) is 0 Å². The molecule has 0 radical (unpaired) electrons. The highest BCUT2D eigenvalue weighted by molar-refractivity contribution is 5.85. The molecule has 2 N–H and O–H groups in total. The number of nitrogens with two attached hydrogens (primary N) is 1. The van der Waals surface area contributed by atoms with Crippen molar-refractivity contribution in [1.29, 1.82) is 0 Å². The van der Waals surface area contributed by atoms with Crippen molar-refractivity contribution in [3.8, 4) is 0 Å². The maximum Gasteiger partial charge on any atom is 0.239 e. The van der Waals surface area contributed by atoms with E-state index in [9.17, 15) is 9.59 Å². The lowest BCUT2D eigenvalue weighted by Crippen LogP contribution is -2.52. The first kappa shape index (κ1) is 18.2. The van der Waals surface area contributed by atoms with Gasteiger partial charge in [-0.1, -0.05) is 20.3 Å². The van der Waals surface area contributed by atoms with Gasteiger partial charge >= 0.3 is 0 Å². The number of carbonyl (C=O) groups is 2. The van der Waals surface area contributed by atoms with Gasteiger partial charge in [0.15, 0.2) is 0 Å². The molecule has 2 atom stereocenters. The van der Waals surface area contributed by atoms with Crippen LogP contribution >= 0.6 is 12.4 Å². The van der Waals surface area contributed by atoms with Crippen LogP contribution in [0, 0.1) is 5.92 Å². The molecule has 2 fully saturated rings. The quantitative estimate of drug-likeness (QED) is 0.852. The summed E-state index contributed by atoms with van der Waals surface area (Å²) in [6.45, 7) is 6.44. The summed E-state index contributed by atoms with van der Waals surface area (Å²) >= 11 is 0. The maximum atomic E-state index is 12.3. The smallest absolute Gasteiger partial charge is 0.239 e. The van der Waals surface area contributed by atoms with Crippen molar-refractivity contribution in [2.45, 2.75) is 58.0 Å². The number of piperidine rings is 1. The standard InChI is InChI=1S/C15H27N3O2.ClH/c1-3-11(2)14(16)15(20)17-9-6-12(7-10-17)18-8-4-5-13(18)19;/h11-12,14H,3-10,16H2,1-2H3;1H. The fourth-order valence-electron chi connectivity index (χ4n) is 3.16. The lowest BCUT2D eigenvalue weighted by molar-refractivity contribution is -0.136. The Morgan fingerprint density at radius 3 is 2.43 bits per heavy atom. The summed E-state index contributed by atoms with van der Waals surface area (Å²) in [6, 6.07) is -0.0566. The molecule has 0 aromatic heterocycles. The van der Waals surface area contributed by atoms with Crippen LogP contribution in [0.2, 0.25) is 0 Å². The molecule has 0 aliphatic carbocycles. The van der Waals surface area contributed by atoms with E-state index in [0.717, 1.165) is 45.3 Å². The van der Waals surface area contributed by atoms with Crippen molar-refractivity contribution >= 4 is 24.2 Å². The monoisotopic (exact) mass is 317 g/mol. The molecule has 0 saturated carbocycles. The molecular formula is C15H28ClN3O2. The average Bonchev–Trinajstić information content (AvgIpc) is 2.91. The Labute approximate surface area is 133 Å². The molecule has 0 aromatic carbocycles. The molecule has 0 spiro atoms. The van der Waals surface area contributed by atoms with Crippen molar-refractivity contribution < 1.29 is 9.59 Å². The minimum absolute atomic E-state index is 0. The van der Waals surface area contributed by atoms with Gasteiger partial charge in [-0.15, -0.1) is 12.4 Å². The van der Waals surface area contributed by atoms with Crippen molar-refractivity contribution in [3.63, 3.8) is 0 Å². The summed E-state index contributed by atoms with van der Waals surface area (Å²) in [4.78, 5) is 28.0. The van der Waals surface area contributed by atoms with E-state index in [1.807, 2.05) is 16.7 Å². The van der Waals surface area contributed by atoms with Gasteiger partial charge in [0.25, 0.3) is 0 Å². The summed E-state index contributed by atoms with van der Waals surface area (Å²) in [6.07, 6.45) is 4.38. The van der Waals surface area contributed by atoms with E-state index in [1.165, 1.54) is 0 Å². The molecule has 2 aliphatic rings. The Morgan fingerprint density at radius 1 is 1.33 bits per heavy atom. The zero-order chi connectivity index (χ0) is 14.7. The molecule has 0 aromatic rings. The Bertz CT molecular complexity index is 370. The van der Waals surface area contributed by atoms with E-state index in [0.29, 0.717) is 12.5 Å². The summed E-state index contributed by atoms with van der Waals surface area (Å²) in [7, 11) is 0. The number of hydrogen-bond donors (Lipinski definition) is 1. The Kier molecular flexibility index (Phi) is 6.94. The predicted molar refractivity (Wildman–Crippen MR) is 85.2 cm³/mol. The van der Waals surface area contributed by atoms with Crippen molar-refractivity contribution in [2.75, 3.05) is 19.6 Å². The molecule has 2 rings (SSSR count). The highest BCUT2D eigenvalue weighted by Crippen LogP contribution is 2.22. The second-order valence-electron chi connectivity index (χ2n) is 6.16. The van der Waals surface area contributed by atoms with E-state index < -0.39 is 0 Å². The molecule has 2 saturated heterocycles. The molecular weight excluding hydrogens is 290 g/mol. The summed E-state index contributed by atoms with van der Waals surface area (Å²) in [5, 5.41) is 0. The molecule has 5 nitrogen and oxygen atoms in total. The normalized spacial score (nSPS) is 22.9. The van der Waals surface area contributed by atoms with Gasteiger partial charge in [-0.05, 0) is 25.2 Å². The Balaban J connectivity index is 0.00000220. The van der Waals surface area contributed by atoms with E-state index >= 15 is 0 Å². The molecule has 6 heteroatoms.